The number of ether oxygens (including phenoxy) is 2. The highest BCUT2D eigenvalue weighted by Crippen LogP contribution is 2.11. The fourth-order valence-corrected chi connectivity index (χ4v) is 4.17. The van der Waals surface area contributed by atoms with E-state index in [1.165, 1.54) is 83.5 Å². The van der Waals surface area contributed by atoms with Gasteiger partial charge in [0.25, 0.3) is 0 Å². The first-order valence-corrected chi connectivity index (χ1v) is 15.4. The number of rotatable bonds is 28. The van der Waals surface area contributed by atoms with Gasteiger partial charge in [-0.3, -0.25) is 9.59 Å². The second-order valence-electron chi connectivity index (χ2n) is 10.1. The normalized spacial score (nSPS) is 11.4. The Kier molecular flexibility index (Phi) is 28.9. The molecule has 0 saturated heterocycles. The van der Waals surface area contributed by atoms with E-state index in [9.17, 15) is 9.59 Å². The maximum Gasteiger partial charge on any atom is 0.305 e. The Morgan fingerprint density at radius 1 is 0.541 bits per heavy atom. The predicted octanol–water partition coefficient (Wildman–Crippen LogP) is 9.97. The van der Waals surface area contributed by atoms with Gasteiger partial charge in [0, 0.05) is 12.8 Å². The summed E-state index contributed by atoms with van der Waals surface area (Å²) in [5, 5.41) is 0. The molecule has 0 fully saturated rings. The van der Waals surface area contributed by atoms with Crippen LogP contribution in [0, 0.1) is 0 Å². The summed E-state index contributed by atoms with van der Waals surface area (Å²) in [6.45, 7) is 6.28. The van der Waals surface area contributed by atoms with Gasteiger partial charge in [-0.05, 0) is 57.8 Å². The molecule has 0 rings (SSSR count). The Labute approximate surface area is 229 Å². The monoisotopic (exact) mass is 518 g/mol. The van der Waals surface area contributed by atoms with Crippen molar-refractivity contribution in [1.29, 1.82) is 0 Å². The first-order valence-electron chi connectivity index (χ1n) is 15.4. The van der Waals surface area contributed by atoms with E-state index in [1.807, 2.05) is 6.08 Å². The quantitative estimate of drug-likeness (QED) is 0.0587. The van der Waals surface area contributed by atoms with E-state index < -0.39 is 0 Å². The molecule has 0 unspecified atom stereocenters. The maximum absolute atomic E-state index is 11.8. The van der Waals surface area contributed by atoms with Crippen LogP contribution >= 0.6 is 0 Å². The van der Waals surface area contributed by atoms with Crippen LogP contribution in [0.3, 0.4) is 0 Å². The highest BCUT2D eigenvalue weighted by Gasteiger charge is 2.05. The summed E-state index contributed by atoms with van der Waals surface area (Å²) in [7, 11) is 0. The summed E-state index contributed by atoms with van der Waals surface area (Å²) < 4.78 is 10.3. The first kappa shape index (κ1) is 35.2. The smallest absolute Gasteiger partial charge is 0.305 e. The number of esters is 2. The number of carbonyl (C=O) groups excluding carboxylic acids is 2. The van der Waals surface area contributed by atoms with Crippen molar-refractivity contribution in [3.05, 3.63) is 37.0 Å². The predicted molar refractivity (Wildman–Crippen MR) is 158 cm³/mol. The van der Waals surface area contributed by atoms with Crippen LogP contribution in [0.5, 0.6) is 0 Å². The highest BCUT2D eigenvalue weighted by molar-refractivity contribution is 5.70. The summed E-state index contributed by atoms with van der Waals surface area (Å²) in [5.41, 5.74) is 0. The van der Waals surface area contributed by atoms with Gasteiger partial charge in [-0.15, -0.1) is 6.58 Å². The largest absolute Gasteiger partial charge is 0.462 e. The molecule has 0 bridgehead atoms. The van der Waals surface area contributed by atoms with E-state index in [4.69, 9.17) is 9.47 Å². The highest BCUT2D eigenvalue weighted by atomic mass is 16.6. The summed E-state index contributed by atoms with van der Waals surface area (Å²) in [6.07, 6.45) is 35.5. The molecule has 214 valence electrons. The van der Waals surface area contributed by atoms with Gasteiger partial charge < -0.3 is 9.47 Å². The fourth-order valence-electron chi connectivity index (χ4n) is 4.17. The number of hydrogen-bond donors (Lipinski definition) is 0. The molecule has 0 aromatic heterocycles. The molecule has 0 aromatic rings. The molecule has 0 N–H and O–H groups in total. The molecule has 4 nitrogen and oxygen atoms in total. The molecule has 0 radical (unpaired) electrons. The Hall–Kier alpha value is -1.84. The molecule has 0 aliphatic heterocycles. The molecule has 0 amide bonds. The zero-order chi connectivity index (χ0) is 27.1. The zero-order valence-electron chi connectivity index (χ0n) is 24.2. The third-order valence-electron chi connectivity index (χ3n) is 6.47. The van der Waals surface area contributed by atoms with Crippen molar-refractivity contribution < 1.29 is 19.1 Å². The van der Waals surface area contributed by atoms with Crippen LogP contribution in [0.15, 0.2) is 37.0 Å². The molecular formula is C33H58O4. The van der Waals surface area contributed by atoms with Crippen molar-refractivity contribution in [2.24, 2.45) is 0 Å². The lowest BCUT2D eigenvalue weighted by Gasteiger charge is -2.07. The van der Waals surface area contributed by atoms with Crippen molar-refractivity contribution in [2.45, 2.75) is 148 Å². The summed E-state index contributed by atoms with van der Waals surface area (Å²) in [4.78, 5) is 23.6. The molecular weight excluding hydrogens is 460 g/mol. The SMILES string of the molecule is C=CC/C=C/CCCCCCCC(=O)OCCOC(=O)CCCCCCC/C=C/CCCCCCCC. The average molecular weight is 519 g/mol. The number of unbranched alkanes of at least 4 members (excludes halogenated alkanes) is 16. The van der Waals surface area contributed by atoms with E-state index in [-0.39, 0.29) is 25.2 Å². The third kappa shape index (κ3) is 30.3. The minimum Gasteiger partial charge on any atom is -0.462 e. The molecule has 0 aliphatic rings. The van der Waals surface area contributed by atoms with Crippen LogP contribution in [-0.2, 0) is 19.1 Å². The van der Waals surface area contributed by atoms with Gasteiger partial charge in [0.1, 0.15) is 13.2 Å². The van der Waals surface area contributed by atoms with Gasteiger partial charge in [-0.25, -0.2) is 0 Å². The molecule has 0 heterocycles. The second-order valence-corrected chi connectivity index (χ2v) is 10.1. The first-order chi connectivity index (χ1) is 18.2. The average Bonchev–Trinajstić information content (AvgIpc) is 2.90. The summed E-state index contributed by atoms with van der Waals surface area (Å²) >= 11 is 0. The van der Waals surface area contributed by atoms with Gasteiger partial charge in [-0.1, -0.05) is 108 Å². The summed E-state index contributed by atoms with van der Waals surface area (Å²) in [5.74, 6) is -0.381. The topological polar surface area (TPSA) is 52.6 Å². The minimum absolute atomic E-state index is 0.161. The van der Waals surface area contributed by atoms with Crippen molar-refractivity contribution in [3.63, 3.8) is 0 Å². The molecule has 0 saturated carbocycles. The van der Waals surface area contributed by atoms with Crippen LogP contribution in [0.1, 0.15) is 148 Å². The Morgan fingerprint density at radius 2 is 0.919 bits per heavy atom. The lowest BCUT2D eigenvalue weighted by Crippen LogP contribution is -2.13. The Morgan fingerprint density at radius 3 is 1.35 bits per heavy atom. The number of carbonyl (C=O) groups is 2. The van der Waals surface area contributed by atoms with Crippen LogP contribution < -0.4 is 0 Å². The number of allylic oxidation sites excluding steroid dienone is 5. The van der Waals surface area contributed by atoms with Gasteiger partial charge in [-0.2, -0.15) is 0 Å². The van der Waals surface area contributed by atoms with Gasteiger partial charge in [0.15, 0.2) is 0 Å². The standard InChI is InChI=1S/C33H58O4/c1-3-5-7-9-11-13-15-16-17-18-19-21-23-25-27-29-33(35)37-31-30-36-32(34)28-26-24-22-20-14-12-10-8-6-4-2/h4,8,10,16-17H,2-3,5-7,9,11-15,18-31H2,1H3/b10-8+,17-16+. The van der Waals surface area contributed by atoms with Crippen molar-refractivity contribution in [1.82, 2.24) is 0 Å². The van der Waals surface area contributed by atoms with Gasteiger partial charge >= 0.3 is 11.9 Å². The van der Waals surface area contributed by atoms with Crippen molar-refractivity contribution in [2.75, 3.05) is 13.2 Å². The van der Waals surface area contributed by atoms with Crippen LogP contribution in [-0.4, -0.2) is 25.2 Å². The second kappa shape index (κ2) is 30.4. The summed E-state index contributed by atoms with van der Waals surface area (Å²) in [6, 6.07) is 0. The fraction of sp³-hybridized carbons (Fsp3) is 0.758. The van der Waals surface area contributed by atoms with Crippen LogP contribution in [0.2, 0.25) is 0 Å². The zero-order valence-corrected chi connectivity index (χ0v) is 24.2. The van der Waals surface area contributed by atoms with E-state index in [0.717, 1.165) is 44.9 Å². The van der Waals surface area contributed by atoms with Crippen molar-refractivity contribution in [3.8, 4) is 0 Å². The van der Waals surface area contributed by atoms with Crippen LogP contribution in [0.25, 0.3) is 0 Å². The van der Waals surface area contributed by atoms with Gasteiger partial charge in [0.2, 0.25) is 0 Å². The molecule has 0 aromatic carbocycles. The molecule has 0 aliphatic carbocycles. The van der Waals surface area contributed by atoms with Crippen LogP contribution in [0.4, 0.5) is 0 Å². The molecule has 4 heteroatoms. The molecule has 0 spiro atoms. The van der Waals surface area contributed by atoms with Gasteiger partial charge in [0.05, 0.1) is 0 Å². The third-order valence-corrected chi connectivity index (χ3v) is 6.47. The molecule has 37 heavy (non-hydrogen) atoms. The number of hydrogen-bond acceptors (Lipinski definition) is 4. The van der Waals surface area contributed by atoms with E-state index in [1.54, 1.807) is 0 Å². The maximum atomic E-state index is 11.8. The lowest BCUT2D eigenvalue weighted by atomic mass is 10.1. The lowest BCUT2D eigenvalue weighted by molar-refractivity contribution is -0.152. The molecule has 0 atom stereocenters. The minimum atomic E-state index is -0.194. The van der Waals surface area contributed by atoms with E-state index in [0.29, 0.717) is 12.8 Å². The van der Waals surface area contributed by atoms with E-state index in [2.05, 4.69) is 37.8 Å². The van der Waals surface area contributed by atoms with Crippen molar-refractivity contribution >= 4 is 11.9 Å². The Balaban J connectivity index is 3.34. The van der Waals surface area contributed by atoms with E-state index >= 15 is 0 Å². The Bertz CT molecular complexity index is 579.